The highest BCUT2D eigenvalue weighted by Gasteiger charge is 2.51. The number of ether oxygens (including phenoxy) is 1. The number of rotatable bonds is 9. The van der Waals surface area contributed by atoms with Crippen molar-refractivity contribution in [2.45, 2.75) is 67.7 Å². The van der Waals surface area contributed by atoms with Crippen LogP contribution in [0.1, 0.15) is 24.3 Å². The first-order valence-electron chi connectivity index (χ1n) is 12.9. The monoisotopic (exact) mass is 504 g/mol. The molecule has 36 heavy (non-hydrogen) atoms. The van der Waals surface area contributed by atoms with Gasteiger partial charge in [-0.3, -0.25) is 16.0 Å². The third-order valence-corrected chi connectivity index (χ3v) is 7.74. The van der Waals surface area contributed by atoms with Gasteiger partial charge in [-0.25, -0.2) is 9.69 Å². The molecule has 3 saturated heterocycles. The van der Waals surface area contributed by atoms with Crippen LogP contribution in [0.15, 0.2) is 30.3 Å². The van der Waals surface area contributed by atoms with Gasteiger partial charge in [-0.05, 0) is 32.0 Å². The van der Waals surface area contributed by atoms with Crippen LogP contribution in [0.4, 0.5) is 4.79 Å². The summed E-state index contributed by atoms with van der Waals surface area (Å²) in [6.07, 6.45) is -1.66. The molecule has 3 heterocycles. The zero-order chi connectivity index (χ0) is 25.2. The number of nitrogens with one attached hydrogen (secondary N) is 5. The lowest BCUT2D eigenvalue weighted by atomic mass is 10.1. The van der Waals surface area contributed by atoms with Crippen molar-refractivity contribution in [3.63, 3.8) is 0 Å². The van der Waals surface area contributed by atoms with E-state index >= 15 is 0 Å². The van der Waals surface area contributed by atoms with Crippen molar-refractivity contribution in [1.82, 2.24) is 36.4 Å². The molecule has 12 nitrogen and oxygen atoms in total. The summed E-state index contributed by atoms with van der Waals surface area (Å²) in [5.41, 5.74) is 7.41. The molecular weight excluding hydrogens is 464 g/mol. The average molecular weight is 505 g/mol. The number of urea groups is 1. The smallest absolute Gasteiger partial charge is 0.315 e. The Morgan fingerprint density at radius 2 is 2.03 bits per heavy atom. The highest BCUT2D eigenvalue weighted by Crippen LogP contribution is 2.40. The summed E-state index contributed by atoms with van der Waals surface area (Å²) in [5, 5.41) is 37.2. The molecule has 1 saturated carbocycles. The Morgan fingerprint density at radius 1 is 1.22 bits per heavy atom. The zero-order valence-corrected chi connectivity index (χ0v) is 20.7. The highest BCUT2D eigenvalue weighted by molar-refractivity contribution is 5.74. The average Bonchev–Trinajstić information content (AvgIpc) is 3.41. The summed E-state index contributed by atoms with van der Waals surface area (Å²) >= 11 is 0. The Morgan fingerprint density at radius 3 is 2.83 bits per heavy atom. The number of hydrogen-bond acceptors (Lipinski definition) is 10. The summed E-state index contributed by atoms with van der Waals surface area (Å²) < 4.78 is 6.13. The van der Waals surface area contributed by atoms with E-state index < -0.39 is 24.5 Å². The summed E-state index contributed by atoms with van der Waals surface area (Å²) in [5.74, 6) is 0.407. The number of nitrogens with two attached hydrogens (primary N) is 1. The van der Waals surface area contributed by atoms with Gasteiger partial charge in [0.05, 0.1) is 25.0 Å². The van der Waals surface area contributed by atoms with Crippen molar-refractivity contribution in [1.29, 1.82) is 0 Å². The van der Waals surface area contributed by atoms with Crippen molar-refractivity contribution in [2.24, 2.45) is 5.73 Å². The molecule has 1 aromatic rings. The van der Waals surface area contributed by atoms with Gasteiger partial charge in [0, 0.05) is 31.7 Å². The van der Waals surface area contributed by atoms with E-state index in [0.717, 1.165) is 19.4 Å². The topological polar surface area (TPSA) is 159 Å². The molecule has 0 aromatic heterocycles. The van der Waals surface area contributed by atoms with E-state index in [-0.39, 0.29) is 30.4 Å². The molecule has 1 aliphatic carbocycles. The van der Waals surface area contributed by atoms with Crippen molar-refractivity contribution < 1.29 is 19.7 Å². The maximum atomic E-state index is 12.2. The van der Waals surface area contributed by atoms with Crippen LogP contribution in [0.5, 0.6) is 0 Å². The third kappa shape index (κ3) is 5.67. The van der Waals surface area contributed by atoms with Crippen LogP contribution < -0.4 is 32.3 Å². The van der Waals surface area contributed by atoms with E-state index in [1.165, 1.54) is 5.56 Å². The maximum Gasteiger partial charge on any atom is 0.315 e. The second-order valence-corrected chi connectivity index (χ2v) is 10.4. The normalized spacial score (nSPS) is 38.2. The minimum atomic E-state index is -1.01. The molecule has 0 bridgehead atoms. The van der Waals surface area contributed by atoms with Gasteiger partial charge in [-0.15, -0.1) is 0 Å². The first-order valence-corrected chi connectivity index (χ1v) is 12.9. The van der Waals surface area contributed by atoms with Gasteiger partial charge in [0.25, 0.3) is 0 Å². The molecule has 200 valence electrons. The number of carbonyl (C=O) groups excluding carboxylic acids is 1. The largest absolute Gasteiger partial charge is 0.387 e. The van der Waals surface area contributed by atoms with Crippen LogP contribution in [0.2, 0.25) is 0 Å². The fourth-order valence-corrected chi connectivity index (χ4v) is 5.60. The Kier molecular flexibility index (Phi) is 8.05. The highest BCUT2D eigenvalue weighted by atomic mass is 16.6. The lowest BCUT2D eigenvalue weighted by molar-refractivity contribution is -0.106. The number of fused-ring (bicyclic) bond motifs is 1. The molecule has 3 aliphatic heterocycles. The summed E-state index contributed by atoms with van der Waals surface area (Å²) in [7, 11) is 1.95. The number of hydrogen-bond donors (Lipinski definition) is 8. The third-order valence-electron chi connectivity index (χ3n) is 7.74. The van der Waals surface area contributed by atoms with E-state index in [2.05, 4.69) is 43.6 Å². The molecule has 4 aliphatic rings. The standard InChI is InChI=1S/C24H40N8O4/c1-31(9-5-8-26-24(35)30-16-10-15(16)14-6-3-2-4-7-14)11-17-19(33)20(34)23(36-17)32-13-29-18-21(25)27-12-28-22(18)32/h2-4,6-7,15-23,27-29,33-34H,5,8-13,25H2,1H3,(H2,26,30,35)/t15-,16+,17+,18?,19+,20+,21?,22?,23+/m0/s1. The number of likely N-dealkylation sites (N-methyl/N-ethyl adjacent to an activating group) is 1. The second kappa shape index (κ2) is 11.3. The van der Waals surface area contributed by atoms with Gasteiger partial charge in [0.1, 0.15) is 24.5 Å². The number of nitrogens with zero attached hydrogens (tertiary/aromatic N) is 2. The molecule has 0 spiro atoms. The minimum Gasteiger partial charge on any atom is -0.387 e. The number of aliphatic hydroxyl groups is 2. The SMILES string of the molecule is CN(CCCNC(=O)N[C@@H]1C[C@H]1c1ccccc1)C[C@H]1O[C@@H](N2CNC3C(N)NCNC32)[C@H](O)[C@@H]1O. The van der Waals surface area contributed by atoms with Gasteiger partial charge in [-0.1, -0.05) is 30.3 Å². The maximum absolute atomic E-state index is 12.2. The second-order valence-electron chi connectivity index (χ2n) is 10.4. The molecule has 5 rings (SSSR count). The van der Waals surface area contributed by atoms with Gasteiger partial charge in [0.15, 0.2) is 0 Å². The van der Waals surface area contributed by atoms with E-state index in [0.29, 0.717) is 32.3 Å². The van der Waals surface area contributed by atoms with Gasteiger partial charge < -0.3 is 36.2 Å². The summed E-state index contributed by atoms with van der Waals surface area (Å²) in [6.45, 7) is 2.84. The molecule has 9 atom stereocenters. The Bertz CT molecular complexity index is 881. The Balaban J connectivity index is 0.999. The molecule has 9 N–H and O–H groups in total. The first kappa shape index (κ1) is 25.8. The number of aliphatic hydroxyl groups excluding tert-OH is 2. The lowest BCUT2D eigenvalue weighted by Gasteiger charge is -2.38. The van der Waals surface area contributed by atoms with Crippen LogP contribution in [-0.2, 0) is 4.74 Å². The molecular formula is C24H40N8O4. The zero-order valence-electron chi connectivity index (χ0n) is 20.7. The molecule has 1 aromatic carbocycles. The van der Waals surface area contributed by atoms with Crippen LogP contribution >= 0.6 is 0 Å². The van der Waals surface area contributed by atoms with Crippen LogP contribution in [0.3, 0.4) is 0 Å². The van der Waals surface area contributed by atoms with Gasteiger partial charge >= 0.3 is 6.03 Å². The number of amides is 2. The minimum absolute atomic E-state index is 0.0118. The van der Waals surface area contributed by atoms with Crippen LogP contribution in [0, 0.1) is 0 Å². The lowest BCUT2D eigenvalue weighted by Crippen LogP contribution is -2.68. The van der Waals surface area contributed by atoms with Crippen molar-refractivity contribution >= 4 is 6.03 Å². The summed E-state index contributed by atoms with van der Waals surface area (Å²) in [6, 6.07) is 10.3. The molecule has 0 radical (unpaired) electrons. The van der Waals surface area contributed by atoms with Gasteiger partial charge in [0.2, 0.25) is 0 Å². The van der Waals surface area contributed by atoms with E-state index in [9.17, 15) is 15.0 Å². The molecule has 3 unspecified atom stereocenters. The first-order chi connectivity index (χ1) is 17.4. The van der Waals surface area contributed by atoms with Gasteiger partial charge in [-0.2, -0.15) is 0 Å². The molecule has 12 heteroatoms. The fraction of sp³-hybridized carbons (Fsp3) is 0.708. The number of benzene rings is 1. The van der Waals surface area contributed by atoms with E-state index in [4.69, 9.17) is 10.5 Å². The van der Waals surface area contributed by atoms with Crippen molar-refractivity contribution in [3.8, 4) is 0 Å². The van der Waals surface area contributed by atoms with E-state index in [1.54, 1.807) is 0 Å². The van der Waals surface area contributed by atoms with Crippen LogP contribution in [-0.4, -0.2) is 115 Å². The Labute approximate surface area is 211 Å². The predicted molar refractivity (Wildman–Crippen MR) is 133 cm³/mol. The quantitative estimate of drug-likeness (QED) is 0.170. The Hall–Kier alpha value is -1.87. The predicted octanol–water partition coefficient (Wildman–Crippen LogP) is -2.40. The van der Waals surface area contributed by atoms with Crippen molar-refractivity contribution in [3.05, 3.63) is 35.9 Å². The summed E-state index contributed by atoms with van der Waals surface area (Å²) in [4.78, 5) is 16.3. The fourth-order valence-electron chi connectivity index (χ4n) is 5.60. The van der Waals surface area contributed by atoms with E-state index in [1.807, 2.05) is 30.1 Å². The van der Waals surface area contributed by atoms with Crippen LogP contribution in [0.25, 0.3) is 0 Å². The molecule has 4 fully saturated rings. The molecule has 2 amide bonds. The number of carbonyl (C=O) groups is 1. The van der Waals surface area contributed by atoms with Crippen molar-refractivity contribution in [2.75, 3.05) is 40.0 Å².